The molecule has 4 heteroatoms. The van der Waals surface area contributed by atoms with Crippen molar-refractivity contribution in [1.82, 2.24) is 15.5 Å². The summed E-state index contributed by atoms with van der Waals surface area (Å²) in [5.41, 5.74) is 0.233. The highest BCUT2D eigenvalue weighted by Gasteiger charge is 2.51. The molecular formula is C12H21N3O. The summed E-state index contributed by atoms with van der Waals surface area (Å²) in [4.78, 5) is 2.61. The van der Waals surface area contributed by atoms with Crippen molar-refractivity contribution in [1.29, 1.82) is 0 Å². The van der Waals surface area contributed by atoms with Gasteiger partial charge in [0.05, 0.1) is 17.7 Å². The van der Waals surface area contributed by atoms with Crippen LogP contribution in [0.1, 0.15) is 19.3 Å². The minimum absolute atomic E-state index is 0.233. The Balaban J connectivity index is 1.47. The highest BCUT2D eigenvalue weighted by molar-refractivity contribution is 5.06. The molecule has 16 heavy (non-hydrogen) atoms. The second-order valence-electron chi connectivity index (χ2n) is 5.84. The van der Waals surface area contributed by atoms with Gasteiger partial charge in [-0.25, -0.2) is 0 Å². The fraction of sp³-hybridized carbons (Fsp3) is 1.00. The molecule has 3 unspecified atom stereocenters. The predicted molar refractivity (Wildman–Crippen MR) is 61.5 cm³/mol. The van der Waals surface area contributed by atoms with Gasteiger partial charge in [0.25, 0.3) is 0 Å². The van der Waals surface area contributed by atoms with E-state index in [-0.39, 0.29) is 5.60 Å². The largest absolute Gasteiger partial charge is 0.367 e. The third-order valence-electron chi connectivity index (χ3n) is 4.78. The van der Waals surface area contributed by atoms with Crippen LogP contribution in [0, 0.1) is 0 Å². The zero-order valence-electron chi connectivity index (χ0n) is 9.74. The van der Waals surface area contributed by atoms with Gasteiger partial charge in [-0.15, -0.1) is 0 Å². The smallest absolute Gasteiger partial charge is 0.0875 e. The molecule has 0 aromatic carbocycles. The summed E-state index contributed by atoms with van der Waals surface area (Å²) in [5.74, 6) is 0. The van der Waals surface area contributed by atoms with Gasteiger partial charge < -0.3 is 15.4 Å². The van der Waals surface area contributed by atoms with Gasteiger partial charge in [-0.05, 0) is 19.3 Å². The van der Waals surface area contributed by atoms with Crippen molar-refractivity contribution in [3.8, 4) is 0 Å². The third-order valence-corrected chi connectivity index (χ3v) is 4.78. The molecule has 0 amide bonds. The minimum Gasteiger partial charge on any atom is -0.367 e. The summed E-state index contributed by atoms with van der Waals surface area (Å²) in [5, 5.41) is 7.24. The van der Waals surface area contributed by atoms with E-state index in [2.05, 4.69) is 15.5 Å². The van der Waals surface area contributed by atoms with E-state index in [4.69, 9.17) is 4.74 Å². The second-order valence-corrected chi connectivity index (χ2v) is 5.84. The minimum atomic E-state index is 0.233. The van der Waals surface area contributed by atoms with E-state index in [9.17, 15) is 0 Å². The van der Waals surface area contributed by atoms with E-state index >= 15 is 0 Å². The number of rotatable bonds is 1. The Kier molecular flexibility index (Phi) is 2.10. The fourth-order valence-electron chi connectivity index (χ4n) is 3.52. The molecule has 3 saturated heterocycles. The van der Waals surface area contributed by atoms with Gasteiger partial charge in [-0.2, -0.15) is 0 Å². The Bertz CT molecular complexity index is 292. The summed E-state index contributed by atoms with van der Waals surface area (Å²) in [6, 6.07) is 1.31. The molecule has 1 aliphatic carbocycles. The van der Waals surface area contributed by atoms with Crippen molar-refractivity contribution in [2.45, 2.75) is 43.1 Å². The van der Waals surface area contributed by atoms with Gasteiger partial charge in [0.2, 0.25) is 0 Å². The first kappa shape index (κ1) is 9.83. The van der Waals surface area contributed by atoms with E-state index < -0.39 is 0 Å². The summed E-state index contributed by atoms with van der Waals surface area (Å²) < 4.78 is 6.33. The quantitative estimate of drug-likeness (QED) is 0.631. The average Bonchev–Trinajstić information content (AvgIpc) is 2.99. The lowest BCUT2D eigenvalue weighted by molar-refractivity contribution is -0.105. The first-order valence-corrected chi connectivity index (χ1v) is 6.72. The number of fused-ring (bicyclic) bond motifs is 1. The van der Waals surface area contributed by atoms with Crippen LogP contribution in [0.4, 0.5) is 0 Å². The molecule has 3 atom stereocenters. The van der Waals surface area contributed by atoms with Crippen LogP contribution >= 0.6 is 0 Å². The summed E-state index contributed by atoms with van der Waals surface area (Å²) in [6.07, 6.45) is 4.27. The predicted octanol–water partition coefficient (Wildman–Crippen LogP) is -0.446. The summed E-state index contributed by atoms with van der Waals surface area (Å²) in [6.45, 7) is 5.77. The van der Waals surface area contributed by atoms with Crippen molar-refractivity contribution in [3.63, 3.8) is 0 Å². The normalized spacial score (nSPS) is 46.1. The topological polar surface area (TPSA) is 36.5 Å². The van der Waals surface area contributed by atoms with Crippen LogP contribution in [0.25, 0.3) is 0 Å². The standard InChI is InChI=1S/C12H21N3O/c1-5-15-6-4-14-11(9(1)15)10-7-13-8-12(16-10)2-3-12/h9-11,13-14H,1-8H2. The van der Waals surface area contributed by atoms with Crippen molar-refractivity contribution >= 4 is 0 Å². The second kappa shape index (κ2) is 3.42. The summed E-state index contributed by atoms with van der Waals surface area (Å²) in [7, 11) is 0. The molecule has 4 nitrogen and oxygen atoms in total. The van der Waals surface area contributed by atoms with Gasteiger partial charge in [-0.3, -0.25) is 4.90 Å². The molecule has 4 rings (SSSR count). The monoisotopic (exact) mass is 223 g/mol. The number of hydrogen-bond acceptors (Lipinski definition) is 4. The van der Waals surface area contributed by atoms with E-state index in [0.29, 0.717) is 12.1 Å². The molecule has 1 spiro atoms. The Morgan fingerprint density at radius 2 is 2.19 bits per heavy atom. The summed E-state index contributed by atoms with van der Waals surface area (Å²) >= 11 is 0. The van der Waals surface area contributed by atoms with Gasteiger partial charge in [0, 0.05) is 38.8 Å². The Morgan fingerprint density at radius 1 is 1.25 bits per heavy atom. The van der Waals surface area contributed by atoms with Crippen molar-refractivity contribution in [3.05, 3.63) is 0 Å². The van der Waals surface area contributed by atoms with Crippen LogP contribution in [0.5, 0.6) is 0 Å². The van der Waals surface area contributed by atoms with Crippen LogP contribution in [-0.2, 0) is 4.74 Å². The molecule has 2 N–H and O–H groups in total. The first-order chi connectivity index (χ1) is 7.86. The van der Waals surface area contributed by atoms with Gasteiger partial charge >= 0.3 is 0 Å². The zero-order valence-corrected chi connectivity index (χ0v) is 9.74. The number of hydrogen-bond donors (Lipinski definition) is 2. The fourth-order valence-corrected chi connectivity index (χ4v) is 3.52. The van der Waals surface area contributed by atoms with Crippen LogP contribution in [0.2, 0.25) is 0 Å². The van der Waals surface area contributed by atoms with Crippen LogP contribution in [0.3, 0.4) is 0 Å². The highest BCUT2D eigenvalue weighted by atomic mass is 16.5. The molecule has 3 aliphatic heterocycles. The maximum Gasteiger partial charge on any atom is 0.0875 e. The maximum absolute atomic E-state index is 6.33. The lowest BCUT2D eigenvalue weighted by Gasteiger charge is -2.52. The molecule has 90 valence electrons. The molecule has 0 aromatic rings. The molecular weight excluding hydrogens is 202 g/mol. The van der Waals surface area contributed by atoms with Gasteiger partial charge in [0.15, 0.2) is 0 Å². The number of piperazine rings is 1. The van der Waals surface area contributed by atoms with Crippen LogP contribution in [0.15, 0.2) is 0 Å². The van der Waals surface area contributed by atoms with Crippen molar-refractivity contribution in [2.24, 2.45) is 0 Å². The molecule has 0 aromatic heterocycles. The number of morpholine rings is 1. The number of nitrogens with one attached hydrogen (secondary N) is 2. The SMILES string of the molecule is C1CN2CCC2C(C2CNCC3(CC3)O2)N1. The maximum atomic E-state index is 6.33. The van der Waals surface area contributed by atoms with E-state index in [1.807, 2.05) is 0 Å². The average molecular weight is 223 g/mol. The van der Waals surface area contributed by atoms with Crippen molar-refractivity contribution < 1.29 is 4.74 Å². The Morgan fingerprint density at radius 3 is 2.94 bits per heavy atom. The lowest BCUT2D eigenvalue weighted by atomic mass is 9.88. The molecule has 3 heterocycles. The highest BCUT2D eigenvalue weighted by Crippen LogP contribution is 2.42. The zero-order chi connectivity index (χ0) is 10.6. The third kappa shape index (κ3) is 1.44. The first-order valence-electron chi connectivity index (χ1n) is 6.72. The van der Waals surface area contributed by atoms with E-state index in [1.54, 1.807) is 0 Å². The Hall–Kier alpha value is -0.160. The Labute approximate surface area is 96.7 Å². The van der Waals surface area contributed by atoms with Crippen LogP contribution < -0.4 is 10.6 Å². The number of ether oxygens (including phenoxy) is 1. The van der Waals surface area contributed by atoms with Crippen molar-refractivity contribution in [2.75, 3.05) is 32.7 Å². The molecule has 0 radical (unpaired) electrons. The molecule has 1 saturated carbocycles. The van der Waals surface area contributed by atoms with Gasteiger partial charge in [-0.1, -0.05) is 0 Å². The van der Waals surface area contributed by atoms with Gasteiger partial charge in [0.1, 0.15) is 0 Å². The molecule has 4 fully saturated rings. The van der Waals surface area contributed by atoms with E-state index in [0.717, 1.165) is 25.7 Å². The van der Waals surface area contributed by atoms with E-state index in [1.165, 1.54) is 32.4 Å². The van der Waals surface area contributed by atoms with Crippen LogP contribution in [-0.4, -0.2) is 61.4 Å². The molecule has 4 aliphatic rings. The molecule has 0 bridgehead atoms. The number of nitrogens with zero attached hydrogens (tertiary/aromatic N) is 1. The lowest BCUT2D eigenvalue weighted by Crippen LogP contribution is -2.70.